The van der Waals surface area contributed by atoms with Crippen LogP contribution in [0.1, 0.15) is 104 Å². The van der Waals surface area contributed by atoms with Crippen LogP contribution in [-0.4, -0.2) is 7.28 Å². The second-order valence-corrected chi connectivity index (χ2v) is 22.8. The lowest BCUT2D eigenvalue weighted by Gasteiger charge is -2.39. The van der Waals surface area contributed by atoms with E-state index in [0.29, 0.717) is 0 Å². The van der Waals surface area contributed by atoms with Gasteiger partial charge in [0.1, 0.15) is 0 Å². The molecule has 71 heavy (non-hydrogen) atoms. The smallest absolute Gasteiger partial charge is 0.197 e. The fraction of sp³-hybridized carbons (Fsp3) is 0.254. The molecule has 9 aromatic rings. The molecule has 9 aromatic carbocycles. The summed E-state index contributed by atoms with van der Waals surface area (Å²) in [7, 11) is 2.48. The van der Waals surface area contributed by atoms with E-state index < -0.39 is 0 Å². The Morgan fingerprint density at radius 2 is 0.831 bits per heavy atom. The van der Waals surface area contributed by atoms with Gasteiger partial charge in [-0.15, -0.1) is 0 Å². The number of hydrogen-bond donors (Lipinski definition) is 0. The van der Waals surface area contributed by atoms with Crippen molar-refractivity contribution >= 4 is 90.9 Å². The zero-order chi connectivity index (χ0) is 48.9. The first-order valence-electron chi connectivity index (χ1n) is 26.1. The van der Waals surface area contributed by atoms with Gasteiger partial charge in [-0.25, -0.2) is 0 Å². The van der Waals surface area contributed by atoms with E-state index in [1.165, 1.54) is 118 Å². The molecule has 3 aliphatic rings. The topological polar surface area (TPSA) is 9.72 Å². The summed E-state index contributed by atoms with van der Waals surface area (Å²) < 4.78 is 0. The molecule has 3 nitrogen and oxygen atoms in total. The summed E-state index contributed by atoms with van der Waals surface area (Å²) in [5.41, 5.74) is 24.8. The quantitative estimate of drug-likeness (QED) is 0.159. The van der Waals surface area contributed by atoms with Crippen molar-refractivity contribution < 1.29 is 0 Å². The zero-order valence-electron chi connectivity index (χ0n) is 43.2. The molecule has 1 radical (unpaired) electrons. The minimum absolute atomic E-state index is 0.0879. The van der Waals surface area contributed by atoms with Crippen LogP contribution in [0.5, 0.6) is 0 Å². The Morgan fingerprint density at radius 1 is 0.408 bits per heavy atom. The molecule has 0 aromatic heterocycles. The average Bonchev–Trinajstić information content (AvgIpc) is 3.35. The Hall–Kier alpha value is -7.04. The summed E-state index contributed by atoms with van der Waals surface area (Å²) >= 11 is 0. The number of benzene rings is 9. The number of rotatable bonds is 5. The largest absolute Gasteiger partial charge is 0.310 e. The van der Waals surface area contributed by atoms with Crippen molar-refractivity contribution in [2.24, 2.45) is 0 Å². The first-order chi connectivity index (χ1) is 34.2. The molecule has 0 saturated heterocycles. The number of fused-ring (bicyclic) bond motifs is 4. The van der Waals surface area contributed by atoms with Gasteiger partial charge in [-0.05, 0) is 180 Å². The monoisotopic (exact) mass is 923 g/mol. The number of para-hydroxylation sites is 2. The van der Waals surface area contributed by atoms with Crippen LogP contribution in [-0.2, 0) is 36.5 Å². The second-order valence-electron chi connectivity index (χ2n) is 22.8. The second kappa shape index (κ2) is 17.1. The summed E-state index contributed by atoms with van der Waals surface area (Å²) in [6, 6.07) is 61.2. The predicted molar refractivity (Wildman–Crippen MR) is 306 cm³/mol. The van der Waals surface area contributed by atoms with Crippen LogP contribution in [0.2, 0.25) is 0 Å². The van der Waals surface area contributed by atoms with Crippen molar-refractivity contribution in [1.82, 2.24) is 0 Å². The highest BCUT2D eigenvalue weighted by atomic mass is 15.2. The normalized spacial score (nSPS) is 14.3. The highest BCUT2D eigenvalue weighted by Gasteiger charge is 2.33. The standard InChI is InChI=1S/C67H65BN3/c1-42-18-10-12-28-56(42)69(57-29-13-11-19-43(57)2)51-40-60-44(3)61(41-51)71(59-37-31-48-23-15-21-46-25-17-27-53(59)65(46)48)63-39-50(67(7,8)9)33-35-55(63)68-54-34-32-49(66(4,5)6)38-62(54)70(60)58-36-30-47-22-14-20-45-24-16-26-52(58)64(45)47/h10-13,16-19,24-41H,14-15,20-23H2,1-9H3. The van der Waals surface area contributed by atoms with E-state index >= 15 is 0 Å². The summed E-state index contributed by atoms with van der Waals surface area (Å²) in [5, 5.41) is 5.46. The lowest BCUT2D eigenvalue weighted by atomic mass is 9.61. The van der Waals surface area contributed by atoms with Gasteiger partial charge in [-0.3, -0.25) is 0 Å². The molecule has 1 aliphatic heterocycles. The molecule has 351 valence electrons. The minimum atomic E-state index is -0.0879. The molecule has 0 fully saturated rings. The molecule has 12 rings (SSSR count). The van der Waals surface area contributed by atoms with Crippen LogP contribution < -0.4 is 25.6 Å². The number of aryl methyl sites for hydroxylation is 6. The predicted octanol–water partition coefficient (Wildman–Crippen LogP) is 16.9. The maximum absolute atomic E-state index is 2.65. The lowest BCUT2D eigenvalue weighted by Crippen LogP contribution is -2.36. The average molecular weight is 923 g/mol. The van der Waals surface area contributed by atoms with E-state index in [-0.39, 0.29) is 10.8 Å². The van der Waals surface area contributed by atoms with Crippen molar-refractivity contribution in [1.29, 1.82) is 0 Å². The molecule has 0 spiro atoms. The number of anilines is 9. The fourth-order valence-electron chi connectivity index (χ4n) is 12.2. The molecule has 0 unspecified atom stereocenters. The molecular formula is C67H65BN3. The minimum Gasteiger partial charge on any atom is -0.310 e. The first kappa shape index (κ1) is 45.1. The van der Waals surface area contributed by atoms with Gasteiger partial charge < -0.3 is 14.7 Å². The molecule has 0 saturated carbocycles. The molecule has 0 atom stereocenters. The van der Waals surface area contributed by atoms with Crippen molar-refractivity contribution in [2.45, 2.75) is 112 Å². The van der Waals surface area contributed by atoms with Crippen molar-refractivity contribution in [3.05, 3.63) is 208 Å². The summed E-state index contributed by atoms with van der Waals surface area (Å²) in [4.78, 5) is 7.83. The van der Waals surface area contributed by atoms with Crippen LogP contribution in [0.3, 0.4) is 0 Å². The molecule has 0 N–H and O–H groups in total. The highest BCUT2D eigenvalue weighted by Crippen LogP contribution is 2.52. The Labute approximate surface area is 423 Å². The molecule has 2 aliphatic carbocycles. The van der Waals surface area contributed by atoms with Gasteiger partial charge >= 0.3 is 0 Å². The summed E-state index contributed by atoms with van der Waals surface area (Å²) in [6.07, 6.45) is 6.77. The van der Waals surface area contributed by atoms with Gasteiger partial charge in [0.15, 0.2) is 7.28 Å². The third-order valence-electron chi connectivity index (χ3n) is 16.0. The van der Waals surface area contributed by atoms with E-state index in [0.717, 1.165) is 54.1 Å². The van der Waals surface area contributed by atoms with Crippen molar-refractivity contribution in [3.63, 3.8) is 0 Å². The highest BCUT2D eigenvalue weighted by molar-refractivity contribution is 6.70. The van der Waals surface area contributed by atoms with Crippen LogP contribution in [0.25, 0.3) is 21.5 Å². The zero-order valence-corrected chi connectivity index (χ0v) is 43.2. The fourth-order valence-corrected chi connectivity index (χ4v) is 12.2. The van der Waals surface area contributed by atoms with Crippen LogP contribution in [0.15, 0.2) is 158 Å². The van der Waals surface area contributed by atoms with E-state index in [2.05, 4.69) is 242 Å². The SMILES string of the molecule is Cc1ccccc1N(c1cc2c(C)c(c1)N(c1ccc3c4c(cccc14)CCC3)c1cc(C(C)(C)C)ccc1[B]c1ccc(C(C)(C)C)cc1N2c1ccc2c3c(cccc13)CCC2)c1ccccc1C. The molecule has 4 heteroatoms. The molecular weight excluding hydrogens is 858 g/mol. The lowest BCUT2D eigenvalue weighted by molar-refractivity contribution is 0.590. The van der Waals surface area contributed by atoms with E-state index in [4.69, 9.17) is 0 Å². The maximum Gasteiger partial charge on any atom is 0.197 e. The third-order valence-corrected chi connectivity index (χ3v) is 16.0. The maximum atomic E-state index is 2.65. The summed E-state index contributed by atoms with van der Waals surface area (Å²) in [5.74, 6) is 0. The Kier molecular flexibility index (Phi) is 10.9. The molecule has 2 bridgehead atoms. The van der Waals surface area contributed by atoms with Crippen molar-refractivity contribution in [2.75, 3.05) is 14.7 Å². The van der Waals surface area contributed by atoms with Crippen LogP contribution in [0.4, 0.5) is 51.2 Å². The molecule has 0 amide bonds. The van der Waals surface area contributed by atoms with Gasteiger partial charge in [-0.2, -0.15) is 0 Å². The number of nitrogens with zero attached hydrogens (tertiary/aromatic N) is 3. The van der Waals surface area contributed by atoms with Crippen LogP contribution >= 0.6 is 0 Å². The number of hydrogen-bond acceptors (Lipinski definition) is 3. The Morgan fingerprint density at radius 3 is 1.25 bits per heavy atom. The van der Waals surface area contributed by atoms with E-state index in [9.17, 15) is 0 Å². The van der Waals surface area contributed by atoms with Crippen molar-refractivity contribution in [3.8, 4) is 0 Å². The third kappa shape index (κ3) is 7.64. The van der Waals surface area contributed by atoms with Gasteiger partial charge in [0, 0.05) is 33.5 Å². The van der Waals surface area contributed by atoms with Gasteiger partial charge in [0.05, 0.1) is 28.4 Å². The van der Waals surface area contributed by atoms with E-state index in [1.807, 2.05) is 0 Å². The van der Waals surface area contributed by atoms with Gasteiger partial charge in [0.25, 0.3) is 0 Å². The Balaban J connectivity index is 1.28. The Bertz CT molecular complexity index is 3350. The first-order valence-corrected chi connectivity index (χ1v) is 26.1. The van der Waals surface area contributed by atoms with Crippen LogP contribution in [0, 0.1) is 20.8 Å². The molecule has 1 heterocycles. The van der Waals surface area contributed by atoms with Gasteiger partial charge in [0.2, 0.25) is 0 Å². The van der Waals surface area contributed by atoms with E-state index in [1.54, 1.807) is 0 Å². The van der Waals surface area contributed by atoms with Gasteiger partial charge in [-0.1, -0.05) is 162 Å². The summed E-state index contributed by atoms with van der Waals surface area (Å²) in [6.45, 7) is 21.0.